The number of carbonyl (C=O) groups is 1. The Morgan fingerprint density at radius 1 is 1.28 bits per heavy atom. The third-order valence-corrected chi connectivity index (χ3v) is 5.41. The summed E-state index contributed by atoms with van der Waals surface area (Å²) in [5.41, 5.74) is 1.87. The Balaban J connectivity index is 1.49. The second-order valence-electron chi connectivity index (χ2n) is 7.37. The average Bonchev–Trinajstić information content (AvgIpc) is 2.78. The molecule has 0 radical (unpaired) electrons. The quantitative estimate of drug-likeness (QED) is 0.647. The van der Waals surface area contributed by atoms with Crippen LogP contribution in [0, 0.1) is 5.82 Å². The monoisotopic (exact) mass is 393 g/mol. The number of carbonyl (C=O) groups excluding carboxylic acids is 1. The fraction of sp³-hybridized carbons (Fsp3) is 0.348. The number of benzene rings is 1. The topological polar surface area (TPSA) is 55.3 Å². The smallest absolute Gasteiger partial charge is 0.263 e. The van der Waals surface area contributed by atoms with Crippen LogP contribution in [0.3, 0.4) is 0 Å². The number of para-hydroxylation sites is 1. The lowest BCUT2D eigenvalue weighted by Crippen LogP contribution is -2.46. The Kier molecular flexibility index (Phi) is 5.69. The van der Waals surface area contributed by atoms with Crippen LogP contribution in [-0.2, 0) is 4.79 Å². The number of pyridine rings is 2. The average molecular weight is 393 g/mol. The summed E-state index contributed by atoms with van der Waals surface area (Å²) in [4.78, 5) is 23.9. The highest BCUT2D eigenvalue weighted by molar-refractivity contribution is 5.81. The lowest BCUT2D eigenvalue weighted by Gasteiger charge is -2.34. The van der Waals surface area contributed by atoms with E-state index in [1.807, 2.05) is 36.2 Å². The molecule has 0 aliphatic carbocycles. The van der Waals surface area contributed by atoms with Gasteiger partial charge in [0.15, 0.2) is 17.7 Å². The van der Waals surface area contributed by atoms with Crippen LogP contribution in [0.1, 0.15) is 37.8 Å². The van der Waals surface area contributed by atoms with E-state index in [0.717, 1.165) is 29.4 Å². The molecular formula is C23H24FN3O2. The van der Waals surface area contributed by atoms with Crippen molar-refractivity contribution in [1.82, 2.24) is 14.9 Å². The van der Waals surface area contributed by atoms with Gasteiger partial charge in [0.05, 0.1) is 5.52 Å². The van der Waals surface area contributed by atoms with Crippen molar-refractivity contribution >= 4 is 16.8 Å². The minimum absolute atomic E-state index is 0.0978. The molecule has 1 aliphatic rings. The van der Waals surface area contributed by atoms with Gasteiger partial charge in [0.25, 0.3) is 5.91 Å². The van der Waals surface area contributed by atoms with Gasteiger partial charge in [-0.2, -0.15) is 0 Å². The molecule has 1 fully saturated rings. The summed E-state index contributed by atoms with van der Waals surface area (Å²) >= 11 is 0. The highest BCUT2D eigenvalue weighted by atomic mass is 19.1. The number of likely N-dealkylation sites (tertiary alicyclic amines) is 1. The number of amides is 1. The van der Waals surface area contributed by atoms with Gasteiger partial charge in [-0.25, -0.2) is 4.39 Å². The number of fused-ring (bicyclic) bond motifs is 1. The van der Waals surface area contributed by atoms with Crippen LogP contribution >= 0.6 is 0 Å². The molecule has 0 spiro atoms. The minimum Gasteiger partial charge on any atom is -0.478 e. The fourth-order valence-electron chi connectivity index (χ4n) is 3.83. The Morgan fingerprint density at radius 3 is 2.97 bits per heavy atom. The Labute approximate surface area is 169 Å². The van der Waals surface area contributed by atoms with Crippen molar-refractivity contribution in [3.63, 3.8) is 0 Å². The number of rotatable bonds is 5. The fourth-order valence-corrected chi connectivity index (χ4v) is 3.83. The molecule has 2 atom stereocenters. The first-order chi connectivity index (χ1) is 14.2. The molecule has 150 valence electrons. The predicted molar refractivity (Wildman–Crippen MR) is 109 cm³/mol. The zero-order chi connectivity index (χ0) is 20.2. The molecule has 6 heteroatoms. The summed E-state index contributed by atoms with van der Waals surface area (Å²) in [7, 11) is 0. The largest absolute Gasteiger partial charge is 0.478 e. The molecule has 0 N–H and O–H groups in total. The summed E-state index contributed by atoms with van der Waals surface area (Å²) in [6.45, 7) is 3.14. The summed E-state index contributed by atoms with van der Waals surface area (Å²) in [5, 5.41) is 1.00. The summed E-state index contributed by atoms with van der Waals surface area (Å²) in [6.07, 6.45) is 5.27. The number of piperidine rings is 1. The first-order valence-electron chi connectivity index (χ1n) is 10.1. The molecule has 5 nitrogen and oxygen atoms in total. The second kappa shape index (κ2) is 8.55. The molecular weight excluding hydrogens is 369 g/mol. The number of aromatic nitrogens is 2. The Morgan fingerprint density at radius 2 is 2.14 bits per heavy atom. The van der Waals surface area contributed by atoms with Gasteiger partial charge in [0.2, 0.25) is 0 Å². The molecule has 3 heterocycles. The highest BCUT2D eigenvalue weighted by Gasteiger charge is 2.31. The van der Waals surface area contributed by atoms with Crippen molar-refractivity contribution in [2.24, 2.45) is 0 Å². The van der Waals surface area contributed by atoms with Gasteiger partial charge >= 0.3 is 0 Å². The zero-order valence-electron chi connectivity index (χ0n) is 16.4. The summed E-state index contributed by atoms with van der Waals surface area (Å²) < 4.78 is 19.7. The van der Waals surface area contributed by atoms with E-state index in [9.17, 15) is 9.18 Å². The van der Waals surface area contributed by atoms with Crippen LogP contribution in [0.4, 0.5) is 4.39 Å². The van der Waals surface area contributed by atoms with Crippen molar-refractivity contribution in [2.45, 2.75) is 38.2 Å². The lowest BCUT2D eigenvalue weighted by atomic mass is 9.93. The maximum atomic E-state index is 13.9. The van der Waals surface area contributed by atoms with E-state index in [1.54, 1.807) is 24.4 Å². The first-order valence-corrected chi connectivity index (χ1v) is 10.1. The van der Waals surface area contributed by atoms with E-state index in [-0.39, 0.29) is 17.6 Å². The van der Waals surface area contributed by atoms with E-state index >= 15 is 0 Å². The molecule has 0 bridgehead atoms. The number of hydrogen-bond acceptors (Lipinski definition) is 4. The van der Waals surface area contributed by atoms with Gasteiger partial charge in [-0.15, -0.1) is 0 Å². The molecule has 0 unspecified atom stereocenters. The maximum absolute atomic E-state index is 13.9. The number of nitrogens with zero attached hydrogens (tertiary/aromatic N) is 3. The van der Waals surface area contributed by atoms with Gasteiger partial charge < -0.3 is 9.64 Å². The molecule has 0 saturated carbocycles. The third-order valence-electron chi connectivity index (χ3n) is 5.41. The van der Waals surface area contributed by atoms with Crippen LogP contribution in [0.25, 0.3) is 10.9 Å². The van der Waals surface area contributed by atoms with E-state index in [4.69, 9.17) is 4.74 Å². The van der Waals surface area contributed by atoms with Crippen molar-refractivity contribution in [3.05, 3.63) is 66.4 Å². The van der Waals surface area contributed by atoms with Crippen LogP contribution in [-0.4, -0.2) is 40.0 Å². The molecule has 1 amide bonds. The zero-order valence-corrected chi connectivity index (χ0v) is 16.4. The number of ether oxygens (including phenoxy) is 1. The van der Waals surface area contributed by atoms with Crippen molar-refractivity contribution in [1.29, 1.82) is 0 Å². The number of halogens is 1. The Hall–Kier alpha value is -3.02. The number of hydrogen-bond donors (Lipinski definition) is 0. The highest BCUT2D eigenvalue weighted by Crippen LogP contribution is 2.28. The van der Waals surface area contributed by atoms with E-state index in [0.29, 0.717) is 19.5 Å². The van der Waals surface area contributed by atoms with Gasteiger partial charge in [-0.05, 0) is 49.6 Å². The molecule has 29 heavy (non-hydrogen) atoms. The van der Waals surface area contributed by atoms with Crippen LogP contribution in [0.2, 0.25) is 0 Å². The normalized spacial score (nSPS) is 17.9. The molecule has 4 rings (SSSR count). The minimum atomic E-state index is -0.697. The summed E-state index contributed by atoms with van der Waals surface area (Å²) in [5.74, 6) is -0.281. The third kappa shape index (κ3) is 4.21. The molecule has 1 saturated heterocycles. The lowest BCUT2D eigenvalue weighted by molar-refractivity contribution is -0.140. The van der Waals surface area contributed by atoms with Crippen LogP contribution in [0.5, 0.6) is 5.75 Å². The van der Waals surface area contributed by atoms with Crippen LogP contribution in [0.15, 0.2) is 54.9 Å². The molecule has 1 aliphatic heterocycles. The molecule has 1 aromatic carbocycles. The second-order valence-corrected chi connectivity index (χ2v) is 7.37. The van der Waals surface area contributed by atoms with E-state index < -0.39 is 11.9 Å². The van der Waals surface area contributed by atoms with Gasteiger partial charge in [0.1, 0.15) is 0 Å². The predicted octanol–water partition coefficient (Wildman–Crippen LogP) is 4.33. The van der Waals surface area contributed by atoms with Crippen molar-refractivity contribution in [2.75, 3.05) is 13.1 Å². The maximum Gasteiger partial charge on any atom is 0.263 e. The van der Waals surface area contributed by atoms with E-state index in [1.165, 1.54) is 6.07 Å². The molecule has 2 aromatic heterocycles. The van der Waals surface area contributed by atoms with Crippen molar-refractivity contribution < 1.29 is 13.9 Å². The summed E-state index contributed by atoms with van der Waals surface area (Å²) in [6, 6.07) is 12.1. The van der Waals surface area contributed by atoms with Gasteiger partial charge in [-0.3, -0.25) is 14.8 Å². The molecule has 3 aromatic rings. The Bertz CT molecular complexity index is 1010. The standard InChI is InChI=1S/C23H24FN3O2/c1-2-21(29-22-10-4-3-9-18(22)24)23(28)27-12-6-8-17(15-27)20-13-19-16(14-26-20)7-5-11-25-19/h3-5,7,9-11,13-14,17,21H,2,6,8,12,15H2,1H3/t17-,21-/m0/s1. The SMILES string of the molecule is CC[C@H](Oc1ccccc1F)C(=O)N1CCC[C@H](c2cc3ncccc3cn2)C1. The van der Waals surface area contributed by atoms with Gasteiger partial charge in [-0.1, -0.05) is 19.1 Å². The van der Waals surface area contributed by atoms with Crippen molar-refractivity contribution in [3.8, 4) is 5.75 Å². The van der Waals surface area contributed by atoms with E-state index in [2.05, 4.69) is 9.97 Å². The first kappa shape index (κ1) is 19.3. The van der Waals surface area contributed by atoms with Crippen LogP contribution < -0.4 is 4.74 Å². The van der Waals surface area contributed by atoms with Gasteiger partial charge in [0, 0.05) is 42.5 Å².